The van der Waals surface area contributed by atoms with Crippen molar-refractivity contribution in [2.45, 2.75) is 20.0 Å². The number of esters is 1. The highest BCUT2D eigenvalue weighted by atomic mass is 16.5. The van der Waals surface area contributed by atoms with Gasteiger partial charge in [-0.1, -0.05) is 43.3 Å². The van der Waals surface area contributed by atoms with Crippen LogP contribution in [0.15, 0.2) is 54.6 Å². The lowest BCUT2D eigenvalue weighted by Crippen LogP contribution is -2.10. The summed E-state index contributed by atoms with van der Waals surface area (Å²) in [5, 5.41) is 0. The number of rotatable bonds is 4. The number of benzene rings is 2. The molecule has 22 heavy (non-hydrogen) atoms. The molecule has 0 heterocycles. The smallest absolute Gasteiger partial charge is 0.305 e. The van der Waals surface area contributed by atoms with Crippen LogP contribution in [0.3, 0.4) is 0 Å². The van der Waals surface area contributed by atoms with Crippen molar-refractivity contribution in [2.75, 3.05) is 5.73 Å². The molecule has 1 amide bonds. The monoisotopic (exact) mass is 300 g/mol. The molecule has 4 N–H and O–H groups in total. The average Bonchev–Trinajstić information content (AvgIpc) is 2.54. The van der Waals surface area contributed by atoms with Gasteiger partial charge in [-0.25, -0.2) is 0 Å². The van der Waals surface area contributed by atoms with Gasteiger partial charge in [-0.2, -0.15) is 0 Å². The first-order valence-corrected chi connectivity index (χ1v) is 6.87. The largest absolute Gasteiger partial charge is 0.461 e. The number of ether oxygens (including phenoxy) is 1. The van der Waals surface area contributed by atoms with Gasteiger partial charge in [-0.15, -0.1) is 0 Å². The fourth-order valence-corrected chi connectivity index (χ4v) is 1.53. The lowest BCUT2D eigenvalue weighted by atomic mass is 10.2. The molecule has 0 aliphatic heterocycles. The summed E-state index contributed by atoms with van der Waals surface area (Å²) < 4.78 is 4.94. The molecule has 0 saturated heterocycles. The minimum atomic E-state index is -0.452. The average molecular weight is 300 g/mol. The summed E-state index contributed by atoms with van der Waals surface area (Å²) in [6, 6.07) is 16.2. The minimum Gasteiger partial charge on any atom is -0.461 e. The maximum Gasteiger partial charge on any atom is 0.305 e. The normalized spacial score (nSPS) is 9.32. The van der Waals surface area contributed by atoms with Crippen molar-refractivity contribution >= 4 is 17.6 Å². The third kappa shape index (κ3) is 6.56. The summed E-state index contributed by atoms with van der Waals surface area (Å²) in [7, 11) is 0. The molecule has 0 aliphatic rings. The Morgan fingerprint density at radius 3 is 2.23 bits per heavy atom. The molecule has 0 atom stereocenters. The first-order chi connectivity index (χ1) is 10.5. The molecule has 116 valence electrons. The van der Waals surface area contributed by atoms with Gasteiger partial charge in [0.2, 0.25) is 5.91 Å². The molecule has 0 bridgehead atoms. The van der Waals surface area contributed by atoms with Gasteiger partial charge in [0.1, 0.15) is 6.61 Å². The quantitative estimate of drug-likeness (QED) is 0.670. The number of carbonyl (C=O) groups excluding carboxylic acids is 2. The Labute approximate surface area is 129 Å². The zero-order valence-corrected chi connectivity index (χ0v) is 12.5. The highest BCUT2D eigenvalue weighted by molar-refractivity contribution is 5.93. The summed E-state index contributed by atoms with van der Waals surface area (Å²) in [5.74, 6) is -0.605. The number of carbonyl (C=O) groups is 2. The van der Waals surface area contributed by atoms with E-state index in [1.807, 2.05) is 30.3 Å². The molecule has 2 rings (SSSR count). The van der Waals surface area contributed by atoms with Gasteiger partial charge in [-0.05, 0) is 23.8 Å². The molecule has 2 aromatic carbocycles. The Morgan fingerprint density at radius 2 is 1.73 bits per heavy atom. The van der Waals surface area contributed by atoms with Gasteiger partial charge in [0.25, 0.3) is 0 Å². The lowest BCUT2D eigenvalue weighted by molar-refractivity contribution is -0.144. The Balaban J connectivity index is 0.000000224. The Hall–Kier alpha value is -2.82. The zero-order chi connectivity index (χ0) is 16.4. The molecule has 0 aliphatic carbocycles. The van der Waals surface area contributed by atoms with Crippen molar-refractivity contribution < 1.29 is 14.3 Å². The zero-order valence-electron chi connectivity index (χ0n) is 12.5. The van der Waals surface area contributed by atoms with Gasteiger partial charge < -0.3 is 16.2 Å². The lowest BCUT2D eigenvalue weighted by Gasteiger charge is -2.01. The predicted molar refractivity (Wildman–Crippen MR) is 85.9 cm³/mol. The second kappa shape index (κ2) is 9.18. The standard InChI is InChI=1S/C10H12O2.C7H8N2O/c1-2-10(11)12-8-9-6-4-3-5-7-9;8-6-3-1-2-5(4-6)7(9)10/h3-7H,2,8H2,1H3;1-4H,8H2,(H2,9,10). The van der Waals surface area contributed by atoms with Crippen LogP contribution >= 0.6 is 0 Å². The first kappa shape index (κ1) is 17.2. The van der Waals surface area contributed by atoms with E-state index in [1.54, 1.807) is 31.2 Å². The highest BCUT2D eigenvalue weighted by Crippen LogP contribution is 2.04. The van der Waals surface area contributed by atoms with Crippen LogP contribution in [0.1, 0.15) is 29.3 Å². The molecule has 0 radical (unpaired) electrons. The van der Waals surface area contributed by atoms with Crippen molar-refractivity contribution in [1.29, 1.82) is 0 Å². The highest BCUT2D eigenvalue weighted by Gasteiger charge is 1.98. The number of anilines is 1. The first-order valence-electron chi connectivity index (χ1n) is 6.87. The summed E-state index contributed by atoms with van der Waals surface area (Å²) in [6.07, 6.45) is 0.437. The molecular weight excluding hydrogens is 280 g/mol. The molecule has 0 saturated carbocycles. The molecule has 2 aromatic rings. The molecular formula is C17H20N2O3. The number of hydrogen-bond acceptors (Lipinski definition) is 4. The topological polar surface area (TPSA) is 95.4 Å². The molecule has 0 fully saturated rings. The second-order valence-electron chi connectivity index (χ2n) is 4.49. The molecule has 0 aromatic heterocycles. The molecule has 0 unspecified atom stereocenters. The Bertz CT molecular complexity index is 612. The van der Waals surface area contributed by atoms with Crippen molar-refractivity contribution in [1.82, 2.24) is 0 Å². The van der Waals surface area contributed by atoms with Gasteiger partial charge in [0, 0.05) is 17.7 Å². The second-order valence-corrected chi connectivity index (χ2v) is 4.49. The van der Waals surface area contributed by atoms with E-state index in [0.29, 0.717) is 24.3 Å². The Kier molecular flexibility index (Phi) is 7.19. The summed E-state index contributed by atoms with van der Waals surface area (Å²) in [5.41, 5.74) is 12.4. The van der Waals surface area contributed by atoms with Crippen molar-refractivity contribution in [3.63, 3.8) is 0 Å². The van der Waals surface area contributed by atoms with Crippen LogP contribution in [0.2, 0.25) is 0 Å². The van der Waals surface area contributed by atoms with Gasteiger partial charge in [0.15, 0.2) is 0 Å². The third-order valence-corrected chi connectivity index (χ3v) is 2.70. The van der Waals surface area contributed by atoms with E-state index in [-0.39, 0.29) is 5.97 Å². The van der Waals surface area contributed by atoms with E-state index in [4.69, 9.17) is 16.2 Å². The number of amides is 1. The van der Waals surface area contributed by atoms with E-state index >= 15 is 0 Å². The fraction of sp³-hybridized carbons (Fsp3) is 0.176. The van der Waals surface area contributed by atoms with E-state index in [1.165, 1.54) is 0 Å². The molecule has 5 nitrogen and oxygen atoms in total. The van der Waals surface area contributed by atoms with Crippen LogP contribution in [-0.4, -0.2) is 11.9 Å². The minimum absolute atomic E-state index is 0.154. The summed E-state index contributed by atoms with van der Waals surface area (Å²) >= 11 is 0. The van der Waals surface area contributed by atoms with Gasteiger partial charge in [0.05, 0.1) is 0 Å². The van der Waals surface area contributed by atoms with Crippen LogP contribution in [0.5, 0.6) is 0 Å². The van der Waals surface area contributed by atoms with E-state index in [9.17, 15) is 9.59 Å². The van der Waals surface area contributed by atoms with Crippen molar-refractivity contribution in [3.05, 3.63) is 65.7 Å². The number of hydrogen-bond donors (Lipinski definition) is 2. The molecule has 0 spiro atoms. The molecule has 5 heteroatoms. The van der Waals surface area contributed by atoms with E-state index < -0.39 is 5.91 Å². The van der Waals surface area contributed by atoms with Crippen molar-refractivity contribution in [2.24, 2.45) is 5.73 Å². The predicted octanol–water partition coefficient (Wildman–Crippen LogP) is 2.51. The van der Waals surface area contributed by atoms with E-state index in [0.717, 1.165) is 5.56 Å². The number of primary amides is 1. The van der Waals surface area contributed by atoms with Crippen LogP contribution in [0.4, 0.5) is 5.69 Å². The maximum atomic E-state index is 10.8. The van der Waals surface area contributed by atoms with E-state index in [2.05, 4.69) is 0 Å². The summed E-state index contributed by atoms with van der Waals surface area (Å²) in [6.45, 7) is 2.17. The fourth-order valence-electron chi connectivity index (χ4n) is 1.53. The Morgan fingerprint density at radius 1 is 1.05 bits per heavy atom. The third-order valence-electron chi connectivity index (χ3n) is 2.70. The summed E-state index contributed by atoms with van der Waals surface area (Å²) in [4.78, 5) is 21.3. The number of nitrogens with two attached hydrogens (primary N) is 2. The maximum absolute atomic E-state index is 10.8. The van der Waals surface area contributed by atoms with Crippen LogP contribution in [0.25, 0.3) is 0 Å². The van der Waals surface area contributed by atoms with Crippen LogP contribution in [-0.2, 0) is 16.1 Å². The van der Waals surface area contributed by atoms with Crippen LogP contribution < -0.4 is 11.5 Å². The van der Waals surface area contributed by atoms with Crippen molar-refractivity contribution in [3.8, 4) is 0 Å². The number of nitrogen functional groups attached to an aromatic ring is 1. The van der Waals surface area contributed by atoms with Gasteiger partial charge in [-0.3, -0.25) is 9.59 Å². The SMILES string of the molecule is CCC(=O)OCc1ccccc1.NC(=O)c1cccc(N)c1. The van der Waals surface area contributed by atoms with Crippen LogP contribution in [0, 0.1) is 0 Å². The van der Waals surface area contributed by atoms with Gasteiger partial charge >= 0.3 is 5.97 Å².